The van der Waals surface area contributed by atoms with Crippen LogP contribution in [0.1, 0.15) is 76.7 Å². The van der Waals surface area contributed by atoms with Gasteiger partial charge >= 0.3 is 90.1 Å². The number of benzene rings is 6. The maximum atomic E-state index is 14.2. The number of ether oxygens (including phenoxy) is 2. The quantitative estimate of drug-likeness (QED) is 0.0446. The Morgan fingerprint density at radius 1 is 0.318 bits per heavy atom. The van der Waals surface area contributed by atoms with E-state index in [1.807, 2.05) is 38.1 Å². The fraction of sp³-hybridized carbons (Fsp3) is 0.179. The molecule has 2 aromatic heterocycles. The van der Waals surface area contributed by atoms with Gasteiger partial charge in [-0.15, -0.1) is 0 Å². The normalized spacial score (nSPS) is 13.0. The van der Waals surface area contributed by atoms with Crippen molar-refractivity contribution in [2.75, 3.05) is 0 Å². The molecular formula is C56H30BF24IO6. The molecule has 0 aliphatic rings. The number of alkyl halides is 24. The van der Waals surface area contributed by atoms with Crippen LogP contribution in [0, 0.1) is 21.4 Å². The highest BCUT2D eigenvalue weighted by Gasteiger charge is 2.47. The lowest BCUT2D eigenvalue weighted by Crippen LogP contribution is -3.61. The number of rotatable bonds is 10. The summed E-state index contributed by atoms with van der Waals surface area (Å²) in [5.41, 5.74) is -28.1. The fourth-order valence-electron chi connectivity index (χ4n) is 8.64. The number of carbonyl (C=O) groups is 2. The van der Waals surface area contributed by atoms with E-state index in [2.05, 4.69) is 0 Å². The van der Waals surface area contributed by atoms with E-state index in [-0.39, 0.29) is 11.5 Å². The SMILES string of the molecule is Cc1ccc(OC(=O)c2ccc([I+]c3ccc(C(=O)Oc4ccc(C)cc4)o3)o2)cc1.FC(F)(F)c1cc([B-](c2cc(C(F)(F)F)cc(C(F)(F)F)c2)(c2cc(C(F)(F)F)cc(C(F)(F)F)c2)c2cc(C(F)(F)F)cc(C(F)(F)F)c2)cc(C(F)(F)F)c1. The highest BCUT2D eigenvalue weighted by atomic mass is 127. The molecule has 6 nitrogen and oxygen atoms in total. The summed E-state index contributed by atoms with van der Waals surface area (Å²) in [4.78, 5) is 24.5. The van der Waals surface area contributed by atoms with Crippen LogP contribution >= 0.6 is 0 Å². The molecule has 0 bridgehead atoms. The Morgan fingerprint density at radius 3 is 0.716 bits per heavy atom. The molecule has 88 heavy (non-hydrogen) atoms. The Kier molecular flexibility index (Phi) is 18.5. The van der Waals surface area contributed by atoms with E-state index in [9.17, 15) is 115 Å². The Hall–Kier alpha value is -8.07. The zero-order valence-corrected chi connectivity index (χ0v) is 45.5. The standard InChI is InChI=1S/C32H12BF24.C24H18IO6/c34-25(35,36)13-1-14(26(37,38)39)6-21(5-13)33(22-7-15(27(40,41)42)2-16(8-22)28(43,44)45,23-9-17(29(46,47)48)3-18(10-23)30(49,50)51)24-11-19(31(52,53)54)4-20(12-24)32(55,56)57;1-15-3-7-17(8-4-15)28-23(26)19-11-13-21(30-19)25-22-14-12-20(31-22)24(27)29-18-9-5-16(2)6-10-18/h1-12H;3-14H,1-2H3/q-1;+1. The molecule has 0 saturated carbocycles. The zero-order chi connectivity index (χ0) is 65.7. The van der Waals surface area contributed by atoms with Crippen LogP contribution in [0.15, 0.2) is 154 Å². The average Bonchev–Trinajstić information content (AvgIpc) is 0.810. The van der Waals surface area contributed by atoms with E-state index >= 15 is 0 Å². The van der Waals surface area contributed by atoms with Gasteiger partial charge in [0.15, 0.2) is 0 Å². The maximum Gasteiger partial charge on any atom is 0.443 e. The molecule has 0 unspecified atom stereocenters. The molecule has 0 radical (unpaired) electrons. The van der Waals surface area contributed by atoms with Crippen molar-refractivity contribution in [3.8, 4) is 11.5 Å². The largest absolute Gasteiger partial charge is 0.443 e. The lowest BCUT2D eigenvalue weighted by Gasteiger charge is -2.46. The van der Waals surface area contributed by atoms with Gasteiger partial charge in [0.1, 0.15) is 17.6 Å². The maximum absolute atomic E-state index is 14.2. The Bertz CT molecular complexity index is 3310. The molecule has 8 aromatic rings. The third-order valence-corrected chi connectivity index (χ3v) is 14.9. The van der Waals surface area contributed by atoms with Gasteiger partial charge in [-0.25, -0.2) is 9.59 Å². The van der Waals surface area contributed by atoms with Crippen molar-refractivity contribution in [1.82, 2.24) is 0 Å². The van der Waals surface area contributed by atoms with Crippen molar-refractivity contribution in [2.24, 2.45) is 0 Å². The Labute approximate surface area is 487 Å². The molecule has 0 amide bonds. The number of halogens is 25. The first-order valence-corrected chi connectivity index (χ1v) is 26.2. The third kappa shape index (κ3) is 16.0. The average molecular weight is 1390 g/mol. The van der Waals surface area contributed by atoms with E-state index in [1.54, 1.807) is 48.5 Å². The Morgan fingerprint density at radius 2 is 0.523 bits per heavy atom. The smallest absolute Gasteiger partial charge is 0.421 e. The van der Waals surface area contributed by atoms with E-state index in [0.717, 1.165) is 11.1 Å². The monoisotopic (exact) mass is 1390 g/mol. The van der Waals surface area contributed by atoms with Gasteiger partial charge in [-0.2, -0.15) is 127 Å². The molecule has 6 aromatic carbocycles. The van der Waals surface area contributed by atoms with Crippen molar-refractivity contribution in [3.05, 3.63) is 220 Å². The van der Waals surface area contributed by atoms with Gasteiger partial charge in [0, 0.05) is 12.1 Å². The predicted octanol–water partition coefficient (Wildman–Crippen LogP) is 13.3. The minimum Gasteiger partial charge on any atom is -0.421 e. The third-order valence-electron chi connectivity index (χ3n) is 12.6. The molecule has 0 spiro atoms. The van der Waals surface area contributed by atoms with Crippen LogP contribution in [0.2, 0.25) is 0 Å². The summed E-state index contributed by atoms with van der Waals surface area (Å²) in [5, 5.41) is 0. The van der Waals surface area contributed by atoms with Gasteiger partial charge < -0.3 is 18.3 Å². The van der Waals surface area contributed by atoms with E-state index in [0.29, 0.717) is 19.0 Å². The van der Waals surface area contributed by atoms with Crippen LogP contribution < -0.4 is 52.5 Å². The topological polar surface area (TPSA) is 78.9 Å². The van der Waals surface area contributed by atoms with Crippen molar-refractivity contribution in [1.29, 1.82) is 0 Å². The first-order chi connectivity index (χ1) is 40.2. The van der Waals surface area contributed by atoms with Crippen molar-refractivity contribution < 1.29 is 154 Å². The first kappa shape index (κ1) is 67.4. The summed E-state index contributed by atoms with van der Waals surface area (Å²) in [5.74, 6) is -0.0134. The van der Waals surface area contributed by atoms with Gasteiger partial charge in [0.25, 0.3) is 0 Å². The highest BCUT2D eigenvalue weighted by molar-refractivity contribution is 7.20. The molecule has 0 N–H and O–H groups in total. The molecule has 32 heteroatoms. The summed E-state index contributed by atoms with van der Waals surface area (Å²) < 4.78 is 364. The molecule has 0 saturated heterocycles. The number of carbonyl (C=O) groups excluding carboxylic acids is 2. The van der Waals surface area contributed by atoms with Crippen LogP contribution in [0.4, 0.5) is 105 Å². The molecule has 0 atom stereocenters. The van der Waals surface area contributed by atoms with E-state index in [4.69, 9.17) is 18.3 Å². The molecule has 0 aliphatic heterocycles. The molecule has 0 aliphatic carbocycles. The predicted molar refractivity (Wildman–Crippen MR) is 257 cm³/mol. The van der Waals surface area contributed by atoms with Crippen molar-refractivity contribution in [2.45, 2.75) is 63.3 Å². The van der Waals surface area contributed by atoms with Crippen molar-refractivity contribution in [3.63, 3.8) is 0 Å². The second-order valence-corrected chi connectivity index (χ2v) is 21.6. The zero-order valence-electron chi connectivity index (χ0n) is 43.3. The van der Waals surface area contributed by atoms with Crippen LogP contribution in [0.5, 0.6) is 11.5 Å². The number of aryl methyl sites for hydroxylation is 2. The number of furan rings is 2. The van der Waals surface area contributed by atoms with E-state index in [1.165, 1.54) is 0 Å². The van der Waals surface area contributed by atoms with Crippen LogP contribution in [0.25, 0.3) is 0 Å². The fourth-order valence-corrected chi connectivity index (χ4v) is 10.6. The summed E-state index contributed by atoms with van der Waals surface area (Å²) >= 11 is -0.859. The highest BCUT2D eigenvalue weighted by Crippen LogP contribution is 2.42. The lowest BCUT2D eigenvalue weighted by molar-refractivity contribution is -0.636. The Balaban J connectivity index is 0.000000298. The van der Waals surface area contributed by atoms with Gasteiger partial charge in [-0.1, -0.05) is 83.9 Å². The minimum absolute atomic E-state index is 0.112. The molecular weight excluding hydrogens is 1360 g/mol. The number of hydrogen-bond donors (Lipinski definition) is 0. The molecule has 0 fully saturated rings. The molecule has 8 rings (SSSR count). The minimum atomic E-state index is -6.13. The molecule has 468 valence electrons. The van der Waals surface area contributed by atoms with Gasteiger partial charge in [-0.3, -0.25) is 0 Å². The van der Waals surface area contributed by atoms with Gasteiger partial charge in [0.2, 0.25) is 11.5 Å². The second kappa shape index (κ2) is 24.1. The van der Waals surface area contributed by atoms with E-state index < -0.39 is 228 Å². The van der Waals surface area contributed by atoms with Crippen LogP contribution in [-0.2, 0) is 49.4 Å². The lowest BCUT2D eigenvalue weighted by atomic mass is 9.12. The van der Waals surface area contributed by atoms with Crippen molar-refractivity contribution >= 4 is 39.9 Å². The molecule has 2 heterocycles. The number of esters is 2. The summed E-state index contributed by atoms with van der Waals surface area (Å²) in [7, 11) is 0. The number of hydrogen-bond acceptors (Lipinski definition) is 6. The first-order valence-electron chi connectivity index (χ1n) is 24.0. The summed E-state index contributed by atoms with van der Waals surface area (Å²) in [6.07, 6.45) is -54.8. The van der Waals surface area contributed by atoms with Gasteiger partial charge in [-0.05, 0) is 74.5 Å². The summed E-state index contributed by atoms with van der Waals surface area (Å²) in [6.45, 7) is 3.91. The van der Waals surface area contributed by atoms with Crippen LogP contribution in [0.3, 0.4) is 0 Å². The van der Waals surface area contributed by atoms with Gasteiger partial charge in [0.05, 0.1) is 44.5 Å². The second-order valence-electron chi connectivity index (χ2n) is 18.9. The van der Waals surface area contributed by atoms with Crippen LogP contribution in [-0.4, -0.2) is 18.1 Å². The summed E-state index contributed by atoms with van der Waals surface area (Å²) in [6, 6.07) is 12.1.